The van der Waals surface area contributed by atoms with Crippen molar-refractivity contribution in [1.29, 1.82) is 0 Å². The first-order valence-electron chi connectivity index (χ1n) is 32.0. The predicted octanol–water partition coefficient (Wildman–Crippen LogP) is 24.3. The largest absolute Gasteiger partial charge is 0.481 e. The fourth-order valence-corrected chi connectivity index (χ4v) is 10.8. The molecule has 0 aromatic heterocycles. The summed E-state index contributed by atoms with van der Waals surface area (Å²) in [4.78, 5) is 10.5. The third-order valence-corrected chi connectivity index (χ3v) is 15.5. The summed E-state index contributed by atoms with van der Waals surface area (Å²) in [6, 6.07) is 0. The van der Waals surface area contributed by atoms with Crippen LogP contribution in [0.1, 0.15) is 405 Å². The lowest BCUT2D eigenvalue weighted by molar-refractivity contribution is -0.137. The van der Waals surface area contributed by atoms with Gasteiger partial charge < -0.3 is 5.11 Å². The van der Waals surface area contributed by atoms with E-state index in [4.69, 9.17) is 5.11 Å². The molecule has 0 heterocycles. The molecule has 0 saturated carbocycles. The normalized spacial score (nSPS) is 11.7. The Balaban J connectivity index is 3.07. The fourth-order valence-electron chi connectivity index (χ4n) is 10.8. The number of hydrogen-bond donors (Lipinski definition) is 1. The summed E-state index contributed by atoms with van der Waals surface area (Å²) in [6.45, 7) is 2.31. The predicted molar refractivity (Wildman–Crippen MR) is 300 cm³/mol. The summed E-state index contributed by atoms with van der Waals surface area (Å²) in [5.41, 5.74) is 0. The van der Waals surface area contributed by atoms with Crippen molar-refractivity contribution in [3.63, 3.8) is 0 Å². The number of carbonyl (C=O) groups is 1. The highest BCUT2D eigenvalue weighted by molar-refractivity contribution is 5.66. The maximum absolute atomic E-state index is 10.5. The van der Waals surface area contributed by atoms with Gasteiger partial charge in [-0.2, -0.15) is 0 Å². The van der Waals surface area contributed by atoms with Crippen LogP contribution >= 0.6 is 0 Å². The van der Waals surface area contributed by atoms with Crippen molar-refractivity contribution in [2.45, 2.75) is 405 Å². The van der Waals surface area contributed by atoms with Crippen LogP contribution in [0.2, 0.25) is 0 Å². The van der Waals surface area contributed by atoms with Crippen molar-refractivity contribution < 1.29 is 9.90 Å². The first kappa shape index (κ1) is 65.5. The topological polar surface area (TPSA) is 37.3 Å². The minimum absolute atomic E-state index is 0.347. The van der Waals surface area contributed by atoms with Crippen LogP contribution in [0, 0.1) is 0 Å². The molecule has 0 rings (SSSR count). The molecular weight excluding hydrogens is 801 g/mol. The van der Waals surface area contributed by atoms with Gasteiger partial charge in [0.25, 0.3) is 0 Å². The first-order chi connectivity index (χ1) is 32.8. The van der Waals surface area contributed by atoms with Crippen LogP contribution in [0.4, 0.5) is 0 Å². The highest BCUT2D eigenvalue weighted by atomic mass is 16.4. The zero-order chi connectivity index (χ0) is 47.4. The third kappa shape index (κ3) is 63.5. The minimum atomic E-state index is -0.645. The van der Waals surface area contributed by atoms with Crippen LogP contribution in [0.5, 0.6) is 0 Å². The summed E-state index contributed by atoms with van der Waals surface area (Å²) in [5.74, 6) is -0.645. The maximum atomic E-state index is 10.5. The van der Waals surface area contributed by atoms with E-state index in [0.29, 0.717) is 6.42 Å². The summed E-state index contributed by atoms with van der Waals surface area (Å²) in [5, 5.41) is 8.68. The smallest absolute Gasteiger partial charge is 0.303 e. The molecule has 1 N–H and O–H groups in total. The summed E-state index contributed by atoms with van der Waals surface area (Å²) < 4.78 is 0. The molecule has 0 aromatic rings. The average molecular weight is 930 g/mol. The molecule has 2 nitrogen and oxygen atoms in total. The average Bonchev–Trinajstić information content (AvgIpc) is 3.32. The Bertz CT molecular complexity index is 837. The molecule has 0 spiro atoms. The van der Waals surface area contributed by atoms with E-state index in [1.54, 1.807) is 0 Å². The van der Waals surface area contributed by atoms with Crippen LogP contribution in [0.25, 0.3) is 0 Å². The zero-order valence-corrected chi connectivity index (χ0v) is 46.2. The lowest BCUT2D eigenvalue weighted by Gasteiger charge is -2.05. The van der Waals surface area contributed by atoms with Gasteiger partial charge in [-0.3, -0.25) is 4.79 Å². The molecule has 0 bridgehead atoms. The van der Waals surface area contributed by atoms with E-state index >= 15 is 0 Å². The lowest BCUT2D eigenvalue weighted by atomic mass is 10.0. The molecule has 0 amide bonds. The molecule has 66 heavy (non-hydrogen) atoms. The van der Waals surface area contributed by atoms with E-state index in [-0.39, 0.29) is 0 Å². The Labute approximate surface area is 419 Å². The van der Waals surface area contributed by atoms with Crippen LogP contribution in [0.15, 0.2) is 0 Å². The van der Waals surface area contributed by atoms with E-state index in [2.05, 4.69) is 6.92 Å². The van der Waals surface area contributed by atoms with Crippen molar-refractivity contribution in [2.24, 2.45) is 0 Å². The Morgan fingerprint density at radius 2 is 0.273 bits per heavy atom. The van der Waals surface area contributed by atoms with Crippen LogP contribution in [0.3, 0.4) is 0 Å². The van der Waals surface area contributed by atoms with Gasteiger partial charge in [0.05, 0.1) is 0 Å². The standard InChI is InChI=1S/C64H128O2/c1-2-3-4-5-6-7-8-9-10-11-12-13-14-15-16-17-18-19-20-21-22-23-24-25-26-27-28-29-30-31-32-33-34-35-36-37-38-39-40-41-42-43-44-45-46-47-48-49-50-51-52-53-54-55-56-57-58-59-60-61-62-63-64(65)66/h2-63H2,1H3,(H,65,66). The highest BCUT2D eigenvalue weighted by Gasteiger charge is 2.01. The molecular formula is C64H128O2. The molecule has 2 heteroatoms. The van der Waals surface area contributed by atoms with Gasteiger partial charge in [-0.25, -0.2) is 0 Å². The number of aliphatic carboxylic acids is 1. The van der Waals surface area contributed by atoms with Crippen molar-refractivity contribution in [3.05, 3.63) is 0 Å². The number of carboxylic acid groups (broad SMARTS) is 1. The lowest BCUT2D eigenvalue weighted by Crippen LogP contribution is -1.93. The van der Waals surface area contributed by atoms with Crippen molar-refractivity contribution in [1.82, 2.24) is 0 Å². The zero-order valence-electron chi connectivity index (χ0n) is 46.2. The van der Waals surface area contributed by atoms with E-state index < -0.39 is 5.97 Å². The van der Waals surface area contributed by atoms with Crippen molar-refractivity contribution in [2.75, 3.05) is 0 Å². The number of unbranched alkanes of at least 4 members (excludes halogenated alkanes) is 60. The highest BCUT2D eigenvalue weighted by Crippen LogP contribution is 2.20. The quantitative estimate of drug-likeness (QED) is 0.0617. The summed E-state index contributed by atoms with van der Waals surface area (Å²) >= 11 is 0. The summed E-state index contributed by atoms with van der Waals surface area (Å²) in [6.07, 6.45) is 88.8. The Hall–Kier alpha value is -0.530. The molecule has 0 atom stereocenters. The van der Waals surface area contributed by atoms with Gasteiger partial charge in [-0.1, -0.05) is 392 Å². The minimum Gasteiger partial charge on any atom is -0.481 e. The Morgan fingerprint density at radius 1 is 0.182 bits per heavy atom. The van der Waals surface area contributed by atoms with E-state index in [0.717, 1.165) is 12.8 Å². The third-order valence-electron chi connectivity index (χ3n) is 15.5. The molecule has 0 aliphatic rings. The van der Waals surface area contributed by atoms with Gasteiger partial charge in [-0.05, 0) is 6.42 Å². The van der Waals surface area contributed by atoms with Gasteiger partial charge in [0.15, 0.2) is 0 Å². The van der Waals surface area contributed by atoms with Gasteiger partial charge in [0.2, 0.25) is 0 Å². The van der Waals surface area contributed by atoms with Gasteiger partial charge in [-0.15, -0.1) is 0 Å². The van der Waals surface area contributed by atoms with Crippen LogP contribution < -0.4 is 0 Å². The van der Waals surface area contributed by atoms with Gasteiger partial charge >= 0.3 is 5.97 Å². The maximum Gasteiger partial charge on any atom is 0.303 e. The van der Waals surface area contributed by atoms with Gasteiger partial charge in [0.1, 0.15) is 0 Å². The van der Waals surface area contributed by atoms with E-state index in [1.807, 2.05) is 0 Å². The number of carboxylic acids is 1. The second-order valence-electron chi connectivity index (χ2n) is 22.4. The second kappa shape index (κ2) is 62.5. The van der Waals surface area contributed by atoms with Crippen molar-refractivity contribution >= 4 is 5.97 Å². The van der Waals surface area contributed by atoms with Crippen LogP contribution in [-0.4, -0.2) is 11.1 Å². The van der Waals surface area contributed by atoms with E-state index in [1.165, 1.54) is 379 Å². The number of hydrogen-bond acceptors (Lipinski definition) is 1. The van der Waals surface area contributed by atoms with Crippen molar-refractivity contribution in [3.8, 4) is 0 Å². The first-order valence-corrected chi connectivity index (χ1v) is 32.0. The molecule has 0 aliphatic carbocycles. The SMILES string of the molecule is CCCCCCCCCCCCCCCCCCCCCCCCCCCCCCCCCCCCCCCCCCCCCCCCCCCCCCCCCCCCCCCC(=O)O. The molecule has 0 aromatic carbocycles. The molecule has 396 valence electrons. The Kier molecular flexibility index (Phi) is 62.0. The molecule has 0 unspecified atom stereocenters. The molecule has 0 fully saturated rings. The van der Waals surface area contributed by atoms with Crippen LogP contribution in [-0.2, 0) is 4.79 Å². The number of rotatable bonds is 62. The van der Waals surface area contributed by atoms with E-state index in [9.17, 15) is 4.79 Å². The van der Waals surface area contributed by atoms with Gasteiger partial charge in [0, 0.05) is 6.42 Å². The molecule has 0 radical (unpaired) electrons. The Morgan fingerprint density at radius 3 is 0.364 bits per heavy atom. The monoisotopic (exact) mass is 929 g/mol. The molecule has 0 aliphatic heterocycles. The summed E-state index contributed by atoms with van der Waals surface area (Å²) in [7, 11) is 0. The molecule has 0 saturated heterocycles. The fraction of sp³-hybridized carbons (Fsp3) is 0.984. The second-order valence-corrected chi connectivity index (χ2v) is 22.4.